The van der Waals surface area contributed by atoms with E-state index < -0.39 is 0 Å². The van der Waals surface area contributed by atoms with E-state index in [4.69, 9.17) is 4.42 Å². The molecule has 0 spiro atoms. The molecule has 3 aliphatic rings. The highest BCUT2D eigenvalue weighted by Crippen LogP contribution is 2.32. The second kappa shape index (κ2) is 7.82. The molecule has 3 fully saturated rings. The van der Waals surface area contributed by atoms with Gasteiger partial charge in [-0.2, -0.15) is 0 Å². The Bertz CT molecular complexity index is 618. The molecular formula is C20H29N3O3. The topological polar surface area (TPSA) is 65.8 Å². The molecule has 6 heteroatoms. The lowest BCUT2D eigenvalue weighted by molar-refractivity contribution is -0.134. The minimum absolute atomic E-state index is 0.0711. The van der Waals surface area contributed by atoms with Crippen molar-refractivity contribution in [3.8, 4) is 0 Å². The van der Waals surface area contributed by atoms with Crippen LogP contribution in [-0.4, -0.2) is 53.8 Å². The first-order chi connectivity index (χ1) is 12.7. The Balaban J connectivity index is 1.24. The third-order valence-electron chi connectivity index (χ3n) is 6.09. The average molecular weight is 359 g/mol. The second-order valence-electron chi connectivity index (χ2n) is 8.01. The maximum atomic E-state index is 12.5. The van der Waals surface area contributed by atoms with Crippen LogP contribution in [-0.2, 0) is 16.1 Å². The lowest BCUT2D eigenvalue weighted by Gasteiger charge is -2.42. The van der Waals surface area contributed by atoms with Gasteiger partial charge in [0, 0.05) is 43.7 Å². The van der Waals surface area contributed by atoms with Gasteiger partial charge in [0.05, 0.1) is 18.4 Å². The molecule has 3 heterocycles. The quantitative estimate of drug-likeness (QED) is 0.873. The van der Waals surface area contributed by atoms with E-state index in [1.807, 2.05) is 6.07 Å². The van der Waals surface area contributed by atoms with Crippen molar-refractivity contribution in [2.24, 2.45) is 11.8 Å². The Hall–Kier alpha value is -1.82. The van der Waals surface area contributed by atoms with Crippen LogP contribution in [0.2, 0.25) is 0 Å². The normalized spacial score (nSPS) is 25.2. The highest BCUT2D eigenvalue weighted by atomic mass is 16.3. The summed E-state index contributed by atoms with van der Waals surface area (Å²) in [5.41, 5.74) is 0.999. The molecule has 1 aromatic rings. The lowest BCUT2D eigenvalue weighted by atomic mass is 9.93. The first kappa shape index (κ1) is 17.6. The van der Waals surface area contributed by atoms with Crippen LogP contribution < -0.4 is 5.32 Å². The zero-order valence-electron chi connectivity index (χ0n) is 15.4. The highest BCUT2D eigenvalue weighted by Gasteiger charge is 2.37. The number of likely N-dealkylation sites (tertiary alicyclic amines) is 2. The number of nitrogens with zero attached hydrogens (tertiary/aromatic N) is 2. The van der Waals surface area contributed by atoms with E-state index in [0.717, 1.165) is 70.3 Å². The number of hydrogen-bond acceptors (Lipinski definition) is 4. The molecular weight excluding hydrogens is 330 g/mol. The molecule has 2 aliphatic heterocycles. The second-order valence-corrected chi connectivity index (χ2v) is 8.01. The number of rotatable bonds is 5. The molecule has 1 aromatic heterocycles. The molecule has 1 saturated carbocycles. The molecule has 1 aliphatic carbocycles. The fourth-order valence-corrected chi connectivity index (χ4v) is 4.32. The van der Waals surface area contributed by atoms with Crippen LogP contribution in [0.1, 0.15) is 44.1 Å². The van der Waals surface area contributed by atoms with Gasteiger partial charge < -0.3 is 14.6 Å². The summed E-state index contributed by atoms with van der Waals surface area (Å²) < 4.78 is 5.05. The molecule has 1 N–H and O–H groups in total. The van der Waals surface area contributed by atoms with Crippen molar-refractivity contribution < 1.29 is 14.0 Å². The van der Waals surface area contributed by atoms with Gasteiger partial charge in [0.25, 0.3) is 0 Å². The van der Waals surface area contributed by atoms with Crippen molar-refractivity contribution in [3.05, 3.63) is 24.2 Å². The summed E-state index contributed by atoms with van der Waals surface area (Å²) in [4.78, 5) is 29.3. The van der Waals surface area contributed by atoms with Gasteiger partial charge in [0.1, 0.15) is 0 Å². The first-order valence-corrected chi connectivity index (χ1v) is 10.0. The Morgan fingerprint density at radius 1 is 1.08 bits per heavy atom. The number of amides is 2. The number of furan rings is 1. The van der Waals surface area contributed by atoms with E-state index in [2.05, 4.69) is 15.1 Å². The number of nitrogens with one attached hydrogen (secondary N) is 1. The molecule has 0 bridgehead atoms. The molecule has 26 heavy (non-hydrogen) atoms. The van der Waals surface area contributed by atoms with Crippen molar-refractivity contribution in [3.63, 3.8) is 0 Å². The van der Waals surface area contributed by atoms with E-state index in [1.165, 1.54) is 0 Å². The van der Waals surface area contributed by atoms with Crippen LogP contribution in [0.15, 0.2) is 23.0 Å². The minimum atomic E-state index is 0.0711. The van der Waals surface area contributed by atoms with Gasteiger partial charge in [-0.05, 0) is 51.1 Å². The predicted octanol–water partition coefficient (Wildman–Crippen LogP) is 2.01. The largest absolute Gasteiger partial charge is 0.472 e. The molecule has 6 nitrogen and oxygen atoms in total. The van der Waals surface area contributed by atoms with Gasteiger partial charge in [-0.15, -0.1) is 0 Å². The van der Waals surface area contributed by atoms with Gasteiger partial charge >= 0.3 is 0 Å². The molecule has 2 saturated heterocycles. The summed E-state index contributed by atoms with van der Waals surface area (Å²) in [7, 11) is 0. The Labute approximate surface area is 154 Å². The standard InChI is InChI=1S/C20H29N3O3/c24-19(21-12-15-7-11-26-14-15)17-2-1-8-23(13-17)18-5-9-22(10-6-18)20(25)16-3-4-16/h7,11,14,16-18H,1-6,8-10,12-13H2,(H,21,24)/t17-/m1/s1. The zero-order chi connectivity index (χ0) is 17.9. The molecule has 0 aromatic carbocycles. The Kier molecular flexibility index (Phi) is 5.29. The molecule has 1 atom stereocenters. The van der Waals surface area contributed by atoms with Gasteiger partial charge in [0.15, 0.2) is 0 Å². The summed E-state index contributed by atoms with van der Waals surface area (Å²) in [6, 6.07) is 2.40. The van der Waals surface area contributed by atoms with Crippen LogP contribution in [0.3, 0.4) is 0 Å². The van der Waals surface area contributed by atoms with Crippen molar-refractivity contribution in [1.82, 2.24) is 15.1 Å². The van der Waals surface area contributed by atoms with E-state index in [-0.39, 0.29) is 11.8 Å². The number of hydrogen-bond donors (Lipinski definition) is 1. The summed E-state index contributed by atoms with van der Waals surface area (Å²) in [5.74, 6) is 0.919. The van der Waals surface area contributed by atoms with Crippen LogP contribution in [0.25, 0.3) is 0 Å². The number of carbonyl (C=O) groups is 2. The first-order valence-electron chi connectivity index (χ1n) is 10.0. The molecule has 142 valence electrons. The molecule has 2 amide bonds. The van der Waals surface area contributed by atoms with Gasteiger partial charge in [-0.3, -0.25) is 14.5 Å². The van der Waals surface area contributed by atoms with Crippen LogP contribution in [0.5, 0.6) is 0 Å². The van der Waals surface area contributed by atoms with Crippen LogP contribution >= 0.6 is 0 Å². The molecule has 4 rings (SSSR count). The van der Waals surface area contributed by atoms with E-state index in [0.29, 0.717) is 24.4 Å². The molecule has 0 radical (unpaired) electrons. The van der Waals surface area contributed by atoms with Crippen molar-refractivity contribution in [2.45, 2.75) is 51.1 Å². The summed E-state index contributed by atoms with van der Waals surface area (Å²) >= 11 is 0. The molecule has 0 unspecified atom stereocenters. The van der Waals surface area contributed by atoms with Gasteiger partial charge in [-0.1, -0.05) is 0 Å². The Morgan fingerprint density at radius 2 is 1.88 bits per heavy atom. The number of carbonyl (C=O) groups excluding carboxylic acids is 2. The van der Waals surface area contributed by atoms with E-state index in [1.54, 1.807) is 12.5 Å². The maximum absolute atomic E-state index is 12.5. The van der Waals surface area contributed by atoms with E-state index in [9.17, 15) is 9.59 Å². The van der Waals surface area contributed by atoms with Crippen molar-refractivity contribution >= 4 is 11.8 Å². The van der Waals surface area contributed by atoms with E-state index >= 15 is 0 Å². The third-order valence-corrected chi connectivity index (χ3v) is 6.09. The highest BCUT2D eigenvalue weighted by molar-refractivity contribution is 5.81. The predicted molar refractivity (Wildman–Crippen MR) is 97.2 cm³/mol. The fraction of sp³-hybridized carbons (Fsp3) is 0.700. The third kappa shape index (κ3) is 4.11. The maximum Gasteiger partial charge on any atom is 0.225 e. The summed E-state index contributed by atoms with van der Waals surface area (Å²) in [6.07, 6.45) is 9.59. The summed E-state index contributed by atoms with van der Waals surface area (Å²) in [5, 5.41) is 3.04. The Morgan fingerprint density at radius 3 is 2.58 bits per heavy atom. The van der Waals surface area contributed by atoms with Crippen molar-refractivity contribution in [1.29, 1.82) is 0 Å². The van der Waals surface area contributed by atoms with Gasteiger partial charge in [0.2, 0.25) is 11.8 Å². The average Bonchev–Trinajstić information content (AvgIpc) is 3.41. The van der Waals surface area contributed by atoms with Crippen LogP contribution in [0.4, 0.5) is 0 Å². The zero-order valence-corrected chi connectivity index (χ0v) is 15.4. The smallest absolute Gasteiger partial charge is 0.225 e. The number of piperidine rings is 2. The fourth-order valence-electron chi connectivity index (χ4n) is 4.32. The summed E-state index contributed by atoms with van der Waals surface area (Å²) in [6.45, 7) is 4.22. The van der Waals surface area contributed by atoms with Crippen LogP contribution in [0, 0.1) is 11.8 Å². The minimum Gasteiger partial charge on any atom is -0.472 e. The lowest BCUT2D eigenvalue weighted by Crippen LogP contribution is -2.51. The van der Waals surface area contributed by atoms with Gasteiger partial charge in [-0.25, -0.2) is 0 Å². The van der Waals surface area contributed by atoms with Crippen molar-refractivity contribution in [2.75, 3.05) is 26.2 Å². The SMILES string of the molecule is O=C(NCc1ccoc1)[C@@H]1CCCN(C2CCN(C(=O)C3CC3)CC2)C1. The monoisotopic (exact) mass is 359 g/mol.